The molecule has 0 aliphatic carbocycles. The lowest BCUT2D eigenvalue weighted by Crippen LogP contribution is -2.23. The summed E-state index contributed by atoms with van der Waals surface area (Å²) < 4.78 is 1.77. The van der Waals surface area contributed by atoms with Crippen molar-refractivity contribution in [1.29, 1.82) is 0 Å². The summed E-state index contributed by atoms with van der Waals surface area (Å²) in [6, 6.07) is 3.52. The van der Waals surface area contributed by atoms with Gasteiger partial charge in [0.25, 0.3) is 0 Å². The Morgan fingerprint density at radius 1 is 1.57 bits per heavy atom. The first-order valence-electron chi connectivity index (χ1n) is 4.45. The zero-order chi connectivity index (χ0) is 10.6. The number of carbonyl (C=O) groups excluding carboxylic acids is 2. The third-order valence-corrected chi connectivity index (χ3v) is 2.05. The van der Waals surface area contributed by atoms with Crippen molar-refractivity contribution >= 4 is 12.2 Å². The SMILES string of the molecule is CN(C)C(=O)CCn1cccc1C=O. The lowest BCUT2D eigenvalue weighted by atomic mass is 10.3. The number of nitrogens with zero attached hydrogens (tertiary/aromatic N) is 2. The highest BCUT2D eigenvalue weighted by atomic mass is 16.2. The van der Waals surface area contributed by atoms with Crippen LogP contribution < -0.4 is 0 Å². The van der Waals surface area contributed by atoms with E-state index in [1.165, 1.54) is 0 Å². The molecule has 1 heterocycles. The summed E-state index contributed by atoms with van der Waals surface area (Å²) in [4.78, 5) is 23.4. The van der Waals surface area contributed by atoms with E-state index < -0.39 is 0 Å². The molecular formula is C10H14N2O2. The summed E-state index contributed by atoms with van der Waals surface area (Å²) in [5.74, 6) is 0.0653. The zero-order valence-corrected chi connectivity index (χ0v) is 8.43. The Kier molecular flexibility index (Phi) is 3.45. The molecule has 4 nitrogen and oxygen atoms in total. The largest absolute Gasteiger partial charge is 0.349 e. The van der Waals surface area contributed by atoms with Gasteiger partial charge in [0.05, 0.1) is 5.69 Å². The molecule has 0 saturated heterocycles. The third kappa shape index (κ3) is 2.45. The minimum atomic E-state index is 0.0653. The zero-order valence-electron chi connectivity index (χ0n) is 8.43. The van der Waals surface area contributed by atoms with Gasteiger partial charge in [-0.05, 0) is 12.1 Å². The van der Waals surface area contributed by atoms with Crippen LogP contribution in [0.15, 0.2) is 18.3 Å². The van der Waals surface area contributed by atoms with E-state index in [0.29, 0.717) is 18.7 Å². The second kappa shape index (κ2) is 4.60. The molecule has 1 aromatic heterocycles. The summed E-state index contributed by atoms with van der Waals surface area (Å²) in [6.07, 6.45) is 3.01. The van der Waals surface area contributed by atoms with Gasteiger partial charge in [-0.2, -0.15) is 0 Å². The first-order valence-corrected chi connectivity index (χ1v) is 4.45. The van der Waals surface area contributed by atoms with Gasteiger partial charge in [-0.15, -0.1) is 0 Å². The Balaban J connectivity index is 2.53. The molecule has 0 unspecified atom stereocenters. The van der Waals surface area contributed by atoms with Crippen molar-refractivity contribution in [1.82, 2.24) is 9.47 Å². The van der Waals surface area contributed by atoms with Crippen molar-refractivity contribution in [2.45, 2.75) is 13.0 Å². The molecule has 0 aromatic carbocycles. The molecule has 0 N–H and O–H groups in total. The van der Waals surface area contributed by atoms with E-state index in [2.05, 4.69) is 0 Å². The minimum Gasteiger partial charge on any atom is -0.349 e. The number of rotatable bonds is 4. The Hall–Kier alpha value is -1.58. The maximum absolute atomic E-state index is 11.3. The normalized spacial score (nSPS) is 9.86. The van der Waals surface area contributed by atoms with E-state index in [1.807, 2.05) is 0 Å². The lowest BCUT2D eigenvalue weighted by Gasteiger charge is -2.10. The molecule has 0 radical (unpaired) electrons. The number of aldehydes is 1. The van der Waals surface area contributed by atoms with Crippen molar-refractivity contribution in [3.8, 4) is 0 Å². The third-order valence-electron chi connectivity index (χ3n) is 2.05. The van der Waals surface area contributed by atoms with Crippen LogP contribution in [0.2, 0.25) is 0 Å². The second-order valence-electron chi connectivity index (χ2n) is 3.28. The van der Waals surface area contributed by atoms with Crippen molar-refractivity contribution in [3.05, 3.63) is 24.0 Å². The van der Waals surface area contributed by atoms with Crippen LogP contribution in [0.4, 0.5) is 0 Å². The predicted molar refractivity (Wildman–Crippen MR) is 53.1 cm³/mol. The molecule has 1 aromatic rings. The highest BCUT2D eigenvalue weighted by Gasteiger charge is 2.05. The lowest BCUT2D eigenvalue weighted by molar-refractivity contribution is -0.128. The molecule has 0 saturated carbocycles. The van der Waals surface area contributed by atoms with Crippen LogP contribution in [0.3, 0.4) is 0 Å². The van der Waals surface area contributed by atoms with Crippen molar-refractivity contribution < 1.29 is 9.59 Å². The van der Waals surface area contributed by atoms with E-state index >= 15 is 0 Å². The average Bonchev–Trinajstić information content (AvgIpc) is 2.60. The number of amides is 1. The fourth-order valence-corrected chi connectivity index (χ4v) is 1.18. The first kappa shape index (κ1) is 10.5. The molecule has 1 amide bonds. The van der Waals surface area contributed by atoms with Gasteiger partial charge >= 0.3 is 0 Å². The number of carbonyl (C=O) groups is 2. The summed E-state index contributed by atoms with van der Waals surface area (Å²) in [5, 5.41) is 0. The smallest absolute Gasteiger partial charge is 0.223 e. The highest BCUT2D eigenvalue weighted by molar-refractivity contribution is 5.76. The van der Waals surface area contributed by atoms with E-state index in [-0.39, 0.29) is 5.91 Å². The molecule has 0 bridgehead atoms. The van der Waals surface area contributed by atoms with E-state index in [1.54, 1.807) is 41.9 Å². The van der Waals surface area contributed by atoms with E-state index in [9.17, 15) is 9.59 Å². The summed E-state index contributed by atoms with van der Waals surface area (Å²) >= 11 is 0. The van der Waals surface area contributed by atoms with Gasteiger partial charge in [-0.25, -0.2) is 0 Å². The molecule has 0 atom stereocenters. The van der Waals surface area contributed by atoms with Gasteiger partial charge in [-0.3, -0.25) is 9.59 Å². The standard InChI is InChI=1S/C10H14N2O2/c1-11(2)10(14)5-7-12-6-3-4-9(12)8-13/h3-4,6,8H,5,7H2,1-2H3. The van der Waals surface area contributed by atoms with Crippen molar-refractivity contribution in [3.63, 3.8) is 0 Å². The second-order valence-corrected chi connectivity index (χ2v) is 3.28. The quantitative estimate of drug-likeness (QED) is 0.665. The van der Waals surface area contributed by atoms with Gasteiger partial charge < -0.3 is 9.47 Å². The Labute approximate surface area is 83.1 Å². The van der Waals surface area contributed by atoms with E-state index in [4.69, 9.17) is 0 Å². The molecule has 14 heavy (non-hydrogen) atoms. The number of hydrogen-bond donors (Lipinski definition) is 0. The molecule has 0 aliphatic heterocycles. The van der Waals surface area contributed by atoms with Crippen molar-refractivity contribution in [2.24, 2.45) is 0 Å². The maximum atomic E-state index is 11.3. The first-order chi connectivity index (χ1) is 6.65. The van der Waals surface area contributed by atoms with E-state index in [0.717, 1.165) is 6.29 Å². The van der Waals surface area contributed by atoms with Crippen LogP contribution >= 0.6 is 0 Å². The van der Waals surface area contributed by atoms with Crippen molar-refractivity contribution in [2.75, 3.05) is 14.1 Å². The van der Waals surface area contributed by atoms with Crippen LogP contribution in [0.25, 0.3) is 0 Å². The number of aromatic nitrogens is 1. The maximum Gasteiger partial charge on any atom is 0.223 e. The summed E-state index contributed by atoms with van der Waals surface area (Å²) in [6.45, 7) is 0.554. The van der Waals surface area contributed by atoms with Crippen LogP contribution in [-0.2, 0) is 11.3 Å². The molecule has 4 heteroatoms. The molecule has 0 aliphatic rings. The van der Waals surface area contributed by atoms with Gasteiger partial charge in [-0.1, -0.05) is 0 Å². The van der Waals surface area contributed by atoms with Crippen LogP contribution in [0, 0.1) is 0 Å². The Morgan fingerprint density at radius 2 is 2.29 bits per heavy atom. The fourth-order valence-electron chi connectivity index (χ4n) is 1.18. The van der Waals surface area contributed by atoms with Gasteiger partial charge in [0.2, 0.25) is 5.91 Å². The molecule has 0 spiro atoms. The van der Waals surface area contributed by atoms with Crippen LogP contribution in [-0.4, -0.2) is 35.8 Å². The Morgan fingerprint density at radius 3 is 2.86 bits per heavy atom. The molecule has 1 rings (SSSR count). The minimum absolute atomic E-state index is 0.0653. The summed E-state index contributed by atoms with van der Waals surface area (Å²) in [5.41, 5.74) is 0.608. The highest BCUT2D eigenvalue weighted by Crippen LogP contribution is 2.01. The van der Waals surface area contributed by atoms with Gasteiger partial charge in [0, 0.05) is 33.3 Å². The monoisotopic (exact) mass is 194 g/mol. The topological polar surface area (TPSA) is 42.3 Å². The average molecular weight is 194 g/mol. The van der Waals surface area contributed by atoms with Gasteiger partial charge in [0.15, 0.2) is 6.29 Å². The Bertz CT molecular complexity index is 329. The van der Waals surface area contributed by atoms with Crippen LogP contribution in [0.5, 0.6) is 0 Å². The predicted octanol–water partition coefficient (Wildman–Crippen LogP) is 0.779. The number of hydrogen-bond acceptors (Lipinski definition) is 2. The van der Waals surface area contributed by atoms with Gasteiger partial charge in [0.1, 0.15) is 0 Å². The van der Waals surface area contributed by atoms with Crippen LogP contribution in [0.1, 0.15) is 16.9 Å². The molecule has 0 fully saturated rings. The number of aryl methyl sites for hydroxylation is 1. The molecule has 76 valence electrons. The fraction of sp³-hybridized carbons (Fsp3) is 0.400. The molecular weight excluding hydrogens is 180 g/mol. The summed E-state index contributed by atoms with van der Waals surface area (Å²) in [7, 11) is 3.44.